The third kappa shape index (κ3) is 3.80. The normalized spacial score (nSPS) is 16.3. The van der Waals surface area contributed by atoms with Crippen molar-refractivity contribution >= 4 is 27.5 Å². The van der Waals surface area contributed by atoms with Crippen molar-refractivity contribution in [1.82, 2.24) is 9.62 Å². The Morgan fingerprint density at radius 2 is 1.96 bits per heavy atom. The number of carbonyl (C=O) groups excluding carboxylic acids is 1. The summed E-state index contributed by atoms with van der Waals surface area (Å²) in [7, 11) is -3.62. The van der Waals surface area contributed by atoms with Crippen molar-refractivity contribution in [3.63, 3.8) is 0 Å². The molecule has 8 heteroatoms. The summed E-state index contributed by atoms with van der Waals surface area (Å²) >= 11 is 5.85. The third-order valence-electron chi connectivity index (χ3n) is 3.94. The maximum Gasteiger partial charge on any atom is 0.289 e. The van der Waals surface area contributed by atoms with Crippen molar-refractivity contribution in [3.8, 4) is 0 Å². The van der Waals surface area contributed by atoms with Crippen molar-refractivity contribution in [3.05, 3.63) is 53.4 Å². The maximum atomic E-state index is 12.4. The first-order valence-electron chi connectivity index (χ1n) is 7.56. The van der Waals surface area contributed by atoms with Gasteiger partial charge in [0.05, 0.1) is 11.2 Å². The van der Waals surface area contributed by atoms with Gasteiger partial charge in [-0.25, -0.2) is 13.1 Å². The van der Waals surface area contributed by atoms with Gasteiger partial charge in [-0.3, -0.25) is 4.79 Å². The number of hydrogen-bond acceptors (Lipinski definition) is 4. The van der Waals surface area contributed by atoms with Gasteiger partial charge in [-0.15, -0.1) is 0 Å². The van der Waals surface area contributed by atoms with E-state index in [0.717, 1.165) is 0 Å². The van der Waals surface area contributed by atoms with E-state index in [2.05, 4.69) is 4.72 Å². The summed E-state index contributed by atoms with van der Waals surface area (Å²) in [5, 5.41) is 0.372. The van der Waals surface area contributed by atoms with Crippen LogP contribution in [0, 0.1) is 0 Å². The molecule has 1 aliphatic rings. The van der Waals surface area contributed by atoms with Gasteiger partial charge in [0.1, 0.15) is 0 Å². The SMILES string of the molecule is O=C(c1ccco1)N1CCC(NS(=O)(=O)c2cccc(Cl)c2)CC1. The Hall–Kier alpha value is -1.83. The van der Waals surface area contributed by atoms with Gasteiger partial charge in [-0.2, -0.15) is 0 Å². The van der Waals surface area contributed by atoms with Crippen LogP contribution in [0.4, 0.5) is 0 Å². The first kappa shape index (κ1) is 17.0. The molecule has 128 valence electrons. The van der Waals surface area contributed by atoms with Crippen LogP contribution in [0.2, 0.25) is 5.02 Å². The van der Waals surface area contributed by atoms with Crippen LogP contribution in [0.25, 0.3) is 0 Å². The van der Waals surface area contributed by atoms with Gasteiger partial charge in [-0.05, 0) is 43.2 Å². The van der Waals surface area contributed by atoms with Crippen molar-refractivity contribution in [2.75, 3.05) is 13.1 Å². The predicted molar refractivity (Wildman–Crippen MR) is 89.4 cm³/mol. The lowest BCUT2D eigenvalue weighted by Crippen LogP contribution is -2.46. The van der Waals surface area contributed by atoms with E-state index >= 15 is 0 Å². The molecule has 0 spiro atoms. The number of halogens is 1. The van der Waals surface area contributed by atoms with Gasteiger partial charge in [-0.1, -0.05) is 17.7 Å². The summed E-state index contributed by atoms with van der Waals surface area (Å²) in [6.45, 7) is 0.949. The molecule has 3 rings (SSSR count). The molecule has 0 bridgehead atoms. The number of carbonyl (C=O) groups is 1. The molecule has 1 N–H and O–H groups in total. The Labute approximate surface area is 145 Å². The van der Waals surface area contributed by atoms with Crippen LogP contribution in [0.15, 0.2) is 52.0 Å². The monoisotopic (exact) mass is 368 g/mol. The molecule has 1 fully saturated rings. The Balaban J connectivity index is 1.60. The van der Waals surface area contributed by atoms with E-state index in [-0.39, 0.29) is 16.8 Å². The van der Waals surface area contributed by atoms with E-state index < -0.39 is 10.0 Å². The molecular formula is C16H17ClN2O4S. The molecule has 2 heterocycles. The minimum Gasteiger partial charge on any atom is -0.459 e. The zero-order valence-corrected chi connectivity index (χ0v) is 14.4. The van der Waals surface area contributed by atoms with Crippen molar-refractivity contribution in [1.29, 1.82) is 0 Å². The smallest absolute Gasteiger partial charge is 0.289 e. The van der Waals surface area contributed by atoms with E-state index in [4.69, 9.17) is 16.0 Å². The summed E-state index contributed by atoms with van der Waals surface area (Å²) in [4.78, 5) is 14.0. The van der Waals surface area contributed by atoms with E-state index in [1.165, 1.54) is 18.4 Å². The van der Waals surface area contributed by atoms with Crippen LogP contribution >= 0.6 is 11.6 Å². The lowest BCUT2D eigenvalue weighted by atomic mass is 10.1. The van der Waals surface area contributed by atoms with Crippen LogP contribution in [0.5, 0.6) is 0 Å². The highest BCUT2D eigenvalue weighted by Crippen LogP contribution is 2.19. The Morgan fingerprint density at radius 3 is 2.58 bits per heavy atom. The molecule has 0 unspecified atom stereocenters. The zero-order valence-electron chi connectivity index (χ0n) is 12.8. The lowest BCUT2D eigenvalue weighted by molar-refractivity contribution is 0.0679. The van der Waals surface area contributed by atoms with Crippen LogP contribution in [0.1, 0.15) is 23.4 Å². The number of furan rings is 1. The van der Waals surface area contributed by atoms with Gasteiger partial charge >= 0.3 is 0 Å². The van der Waals surface area contributed by atoms with Crippen LogP contribution in [0.3, 0.4) is 0 Å². The summed E-state index contributed by atoms with van der Waals surface area (Å²) < 4.78 is 32.6. The molecule has 6 nitrogen and oxygen atoms in total. The van der Waals surface area contributed by atoms with E-state index in [0.29, 0.717) is 36.7 Å². The number of amides is 1. The fraction of sp³-hybridized carbons (Fsp3) is 0.312. The fourth-order valence-electron chi connectivity index (χ4n) is 2.68. The molecule has 24 heavy (non-hydrogen) atoms. The second-order valence-corrected chi connectivity index (χ2v) is 7.77. The first-order chi connectivity index (χ1) is 11.5. The van der Waals surface area contributed by atoms with E-state index in [9.17, 15) is 13.2 Å². The number of benzene rings is 1. The molecule has 2 aromatic rings. The van der Waals surface area contributed by atoms with Crippen molar-refractivity contribution in [2.45, 2.75) is 23.8 Å². The molecule has 1 amide bonds. The molecule has 0 aliphatic carbocycles. The number of nitrogens with zero attached hydrogens (tertiary/aromatic N) is 1. The number of sulfonamides is 1. The number of rotatable bonds is 4. The lowest BCUT2D eigenvalue weighted by Gasteiger charge is -2.31. The molecule has 0 radical (unpaired) electrons. The number of piperidine rings is 1. The van der Waals surface area contributed by atoms with Crippen molar-refractivity contribution < 1.29 is 17.6 Å². The van der Waals surface area contributed by atoms with Gasteiger partial charge in [0, 0.05) is 24.2 Å². The predicted octanol–water partition coefficient (Wildman–Crippen LogP) is 2.52. The second-order valence-electron chi connectivity index (χ2n) is 5.62. The van der Waals surface area contributed by atoms with Gasteiger partial charge in [0.2, 0.25) is 10.0 Å². The average Bonchev–Trinajstić information content (AvgIpc) is 3.09. The highest BCUT2D eigenvalue weighted by atomic mass is 35.5. The molecule has 1 aromatic carbocycles. The van der Waals surface area contributed by atoms with Crippen molar-refractivity contribution in [2.24, 2.45) is 0 Å². The van der Waals surface area contributed by atoms with Gasteiger partial charge < -0.3 is 9.32 Å². The number of hydrogen-bond donors (Lipinski definition) is 1. The van der Waals surface area contributed by atoms with Crippen LogP contribution < -0.4 is 4.72 Å². The van der Waals surface area contributed by atoms with E-state index in [1.54, 1.807) is 29.2 Å². The maximum absolute atomic E-state index is 12.4. The topological polar surface area (TPSA) is 79.6 Å². The molecule has 1 aromatic heterocycles. The summed E-state index contributed by atoms with van der Waals surface area (Å²) in [5.74, 6) is 0.129. The summed E-state index contributed by atoms with van der Waals surface area (Å²) in [6.07, 6.45) is 2.55. The highest BCUT2D eigenvalue weighted by Gasteiger charge is 2.28. The Bertz CT molecular complexity index is 812. The summed E-state index contributed by atoms with van der Waals surface area (Å²) in [6, 6.07) is 9.22. The number of likely N-dealkylation sites (tertiary alicyclic amines) is 1. The molecule has 1 aliphatic heterocycles. The fourth-order valence-corrected chi connectivity index (χ4v) is 4.28. The minimum atomic E-state index is -3.62. The highest BCUT2D eigenvalue weighted by molar-refractivity contribution is 7.89. The Kier molecular flexibility index (Phi) is 4.93. The van der Waals surface area contributed by atoms with Crippen LogP contribution in [-0.2, 0) is 10.0 Å². The zero-order chi connectivity index (χ0) is 17.2. The summed E-state index contributed by atoms with van der Waals surface area (Å²) in [5.41, 5.74) is 0. The Morgan fingerprint density at radius 1 is 1.21 bits per heavy atom. The standard InChI is InChI=1S/C16H17ClN2O4S/c17-12-3-1-4-14(11-12)24(21,22)18-13-6-8-19(9-7-13)16(20)15-5-2-10-23-15/h1-5,10-11,13,18H,6-9H2. The van der Waals surface area contributed by atoms with Gasteiger partial charge in [0.25, 0.3) is 5.91 Å². The molecule has 0 atom stereocenters. The molecular weight excluding hydrogens is 352 g/mol. The molecule has 1 saturated heterocycles. The van der Waals surface area contributed by atoms with Crippen LogP contribution in [-0.4, -0.2) is 38.4 Å². The largest absolute Gasteiger partial charge is 0.459 e. The minimum absolute atomic E-state index is 0.143. The van der Waals surface area contributed by atoms with E-state index in [1.807, 2.05) is 0 Å². The molecule has 0 saturated carbocycles. The number of nitrogens with one attached hydrogen (secondary N) is 1. The third-order valence-corrected chi connectivity index (χ3v) is 5.70. The quantitative estimate of drug-likeness (QED) is 0.899. The average molecular weight is 369 g/mol. The first-order valence-corrected chi connectivity index (χ1v) is 9.42. The van der Waals surface area contributed by atoms with Gasteiger partial charge in [0.15, 0.2) is 5.76 Å². The second kappa shape index (κ2) is 6.96.